The van der Waals surface area contributed by atoms with Crippen molar-refractivity contribution >= 4 is 11.6 Å². The predicted molar refractivity (Wildman–Crippen MR) is 84.3 cm³/mol. The number of benzene rings is 1. The number of nitrogens with one attached hydrogen (secondary N) is 1. The molecule has 1 fully saturated rings. The minimum Gasteiger partial charge on any atom is -0.493 e. The number of carbonyl (C=O) groups excluding carboxylic acids is 1. The molecule has 3 N–H and O–H groups in total. The van der Waals surface area contributed by atoms with Crippen LogP contribution in [0.1, 0.15) is 19.3 Å². The van der Waals surface area contributed by atoms with Crippen molar-refractivity contribution in [1.29, 1.82) is 0 Å². The number of amides is 1. The van der Waals surface area contributed by atoms with Crippen LogP contribution in [0.4, 0.5) is 5.69 Å². The van der Waals surface area contributed by atoms with Gasteiger partial charge in [0.1, 0.15) is 6.61 Å². The summed E-state index contributed by atoms with van der Waals surface area (Å²) < 4.78 is 15.8. The first-order chi connectivity index (χ1) is 10.6. The number of nitrogens with two attached hydrogens (primary N) is 1. The number of carbonyl (C=O) groups is 1. The Morgan fingerprint density at radius 1 is 1.27 bits per heavy atom. The largest absolute Gasteiger partial charge is 0.493 e. The monoisotopic (exact) mass is 308 g/mol. The van der Waals surface area contributed by atoms with Crippen LogP contribution in [-0.4, -0.2) is 39.4 Å². The van der Waals surface area contributed by atoms with E-state index in [-0.39, 0.29) is 17.9 Å². The average Bonchev–Trinajstić information content (AvgIpc) is 2.94. The van der Waals surface area contributed by atoms with Gasteiger partial charge >= 0.3 is 0 Å². The summed E-state index contributed by atoms with van der Waals surface area (Å²) in [7, 11) is 3.19. The second kappa shape index (κ2) is 8.00. The van der Waals surface area contributed by atoms with Gasteiger partial charge in [-0.05, 0) is 31.4 Å². The van der Waals surface area contributed by atoms with Crippen LogP contribution in [0, 0.1) is 5.92 Å². The third-order valence-electron chi connectivity index (χ3n) is 3.82. The second-order valence-electron chi connectivity index (χ2n) is 5.47. The summed E-state index contributed by atoms with van der Waals surface area (Å²) in [5, 5.41) is 2.93. The molecule has 6 nitrogen and oxygen atoms in total. The summed E-state index contributed by atoms with van der Waals surface area (Å²) in [4.78, 5) is 12.2. The third kappa shape index (κ3) is 4.35. The Balaban J connectivity index is 2.01. The second-order valence-corrected chi connectivity index (χ2v) is 5.47. The minimum atomic E-state index is -0.00467. The van der Waals surface area contributed by atoms with Gasteiger partial charge in [-0.3, -0.25) is 4.79 Å². The zero-order chi connectivity index (χ0) is 15.9. The van der Waals surface area contributed by atoms with Gasteiger partial charge in [-0.2, -0.15) is 0 Å². The molecular weight excluding hydrogens is 284 g/mol. The van der Waals surface area contributed by atoms with Gasteiger partial charge in [0.05, 0.1) is 13.7 Å². The Hall–Kier alpha value is -1.79. The molecule has 122 valence electrons. The first-order valence-corrected chi connectivity index (χ1v) is 7.50. The molecule has 6 heteroatoms. The third-order valence-corrected chi connectivity index (χ3v) is 3.82. The lowest BCUT2D eigenvalue weighted by atomic mass is 10.1. The predicted octanol–water partition coefficient (Wildman–Crippen LogP) is 1.79. The number of methoxy groups -OCH3 is 2. The van der Waals surface area contributed by atoms with Gasteiger partial charge in [0.25, 0.3) is 0 Å². The van der Waals surface area contributed by atoms with Crippen LogP contribution in [-0.2, 0) is 9.53 Å². The van der Waals surface area contributed by atoms with Gasteiger partial charge in [-0.1, -0.05) is 0 Å². The molecule has 22 heavy (non-hydrogen) atoms. The summed E-state index contributed by atoms with van der Waals surface area (Å²) in [5.74, 6) is 1.22. The highest BCUT2D eigenvalue weighted by Crippen LogP contribution is 2.31. The van der Waals surface area contributed by atoms with Crippen LogP contribution in [0.15, 0.2) is 18.2 Å². The van der Waals surface area contributed by atoms with Gasteiger partial charge in [0.15, 0.2) is 11.5 Å². The molecule has 1 aromatic rings. The van der Waals surface area contributed by atoms with E-state index in [4.69, 9.17) is 19.9 Å². The van der Waals surface area contributed by atoms with E-state index in [2.05, 4.69) is 5.32 Å². The fraction of sp³-hybridized carbons (Fsp3) is 0.562. The van der Waals surface area contributed by atoms with Crippen molar-refractivity contribution < 1.29 is 19.0 Å². The molecule has 1 aliphatic carbocycles. The molecule has 2 unspecified atom stereocenters. The number of anilines is 1. The number of ether oxygens (including phenoxy) is 3. The Morgan fingerprint density at radius 2 is 2.09 bits per heavy atom. The quantitative estimate of drug-likeness (QED) is 0.750. The zero-order valence-corrected chi connectivity index (χ0v) is 13.1. The van der Waals surface area contributed by atoms with Gasteiger partial charge in [-0.15, -0.1) is 0 Å². The summed E-state index contributed by atoms with van der Waals surface area (Å²) in [6.07, 6.45) is 2.51. The van der Waals surface area contributed by atoms with E-state index in [1.54, 1.807) is 32.4 Å². The van der Waals surface area contributed by atoms with Crippen LogP contribution in [0.2, 0.25) is 0 Å². The first kappa shape index (κ1) is 16.6. The van der Waals surface area contributed by atoms with Crippen LogP contribution < -0.4 is 20.5 Å². The van der Waals surface area contributed by atoms with Crippen molar-refractivity contribution in [2.45, 2.75) is 25.3 Å². The maximum absolute atomic E-state index is 12.2. The molecular formula is C16H24N2O4. The summed E-state index contributed by atoms with van der Waals surface area (Å²) in [6.45, 7) is 0.904. The molecule has 0 spiro atoms. The Bertz CT molecular complexity index is 507. The van der Waals surface area contributed by atoms with Crippen LogP contribution in [0.5, 0.6) is 11.5 Å². The van der Waals surface area contributed by atoms with E-state index in [9.17, 15) is 4.79 Å². The Labute approximate surface area is 130 Å². The summed E-state index contributed by atoms with van der Waals surface area (Å²) in [5.41, 5.74) is 6.55. The van der Waals surface area contributed by atoms with Crippen LogP contribution in [0.3, 0.4) is 0 Å². The van der Waals surface area contributed by atoms with Crippen molar-refractivity contribution in [3.63, 3.8) is 0 Å². The fourth-order valence-electron chi connectivity index (χ4n) is 2.60. The molecule has 1 aromatic carbocycles. The van der Waals surface area contributed by atoms with Crippen molar-refractivity contribution in [2.75, 3.05) is 32.8 Å². The lowest BCUT2D eigenvalue weighted by Crippen LogP contribution is -2.23. The lowest BCUT2D eigenvalue weighted by molar-refractivity contribution is -0.119. The van der Waals surface area contributed by atoms with Crippen LogP contribution in [0.25, 0.3) is 0 Å². The average molecular weight is 308 g/mol. The van der Waals surface area contributed by atoms with E-state index in [0.717, 1.165) is 19.3 Å². The molecule has 2 atom stereocenters. The number of rotatable bonds is 7. The van der Waals surface area contributed by atoms with E-state index >= 15 is 0 Å². The summed E-state index contributed by atoms with van der Waals surface area (Å²) >= 11 is 0. The molecule has 0 aliphatic heterocycles. The fourth-order valence-corrected chi connectivity index (χ4v) is 2.60. The minimum absolute atomic E-state index is 0.00467. The number of hydrogen-bond donors (Lipinski definition) is 2. The van der Waals surface area contributed by atoms with E-state index in [1.165, 1.54) is 0 Å². The van der Waals surface area contributed by atoms with Gasteiger partial charge < -0.3 is 25.3 Å². The number of hydrogen-bond acceptors (Lipinski definition) is 5. The highest BCUT2D eigenvalue weighted by atomic mass is 16.5. The highest BCUT2D eigenvalue weighted by Gasteiger charge is 2.27. The maximum atomic E-state index is 12.2. The molecule has 1 amide bonds. The van der Waals surface area contributed by atoms with Crippen LogP contribution >= 0.6 is 0 Å². The maximum Gasteiger partial charge on any atom is 0.227 e. The molecule has 2 rings (SSSR count). The SMILES string of the molecule is COCCOc1cc(NC(=O)C2CCC(N)C2)ccc1OC. The Morgan fingerprint density at radius 3 is 2.73 bits per heavy atom. The van der Waals surface area contributed by atoms with Crippen molar-refractivity contribution in [2.24, 2.45) is 11.7 Å². The van der Waals surface area contributed by atoms with E-state index in [1.807, 2.05) is 0 Å². The molecule has 1 saturated carbocycles. The lowest BCUT2D eigenvalue weighted by Gasteiger charge is -2.14. The Kier molecular flexibility index (Phi) is 6.03. The van der Waals surface area contributed by atoms with E-state index < -0.39 is 0 Å². The van der Waals surface area contributed by atoms with Gasteiger partial charge in [0, 0.05) is 30.8 Å². The van der Waals surface area contributed by atoms with E-state index in [0.29, 0.717) is 30.4 Å². The first-order valence-electron chi connectivity index (χ1n) is 7.50. The topological polar surface area (TPSA) is 82.8 Å². The van der Waals surface area contributed by atoms with Gasteiger partial charge in [0.2, 0.25) is 5.91 Å². The standard InChI is InChI=1S/C16H24N2O4/c1-20-7-8-22-15-10-13(5-6-14(15)21-2)18-16(19)11-3-4-12(17)9-11/h5-6,10-12H,3-4,7-9,17H2,1-2H3,(H,18,19). The highest BCUT2D eigenvalue weighted by molar-refractivity contribution is 5.93. The normalized spacial score (nSPS) is 20.7. The molecule has 0 heterocycles. The van der Waals surface area contributed by atoms with Gasteiger partial charge in [-0.25, -0.2) is 0 Å². The van der Waals surface area contributed by atoms with Crippen molar-refractivity contribution in [1.82, 2.24) is 0 Å². The molecule has 0 aromatic heterocycles. The molecule has 1 aliphatic rings. The van der Waals surface area contributed by atoms with Crippen molar-refractivity contribution in [3.8, 4) is 11.5 Å². The molecule has 0 saturated heterocycles. The summed E-state index contributed by atoms with van der Waals surface area (Å²) in [6, 6.07) is 5.48. The molecule has 0 radical (unpaired) electrons. The molecule has 0 bridgehead atoms. The zero-order valence-electron chi connectivity index (χ0n) is 13.1. The smallest absolute Gasteiger partial charge is 0.227 e. The van der Waals surface area contributed by atoms with Crippen molar-refractivity contribution in [3.05, 3.63) is 18.2 Å².